The Kier molecular flexibility index (Phi) is 3.98. The fourth-order valence-corrected chi connectivity index (χ4v) is 4.00. The maximum atomic E-state index is 13.0. The van der Waals surface area contributed by atoms with Crippen molar-refractivity contribution < 1.29 is 9.18 Å². The molecule has 3 nitrogen and oxygen atoms in total. The molecule has 1 amide bonds. The maximum Gasteiger partial charge on any atom is 0.240 e. The van der Waals surface area contributed by atoms with Crippen molar-refractivity contribution in [2.45, 2.75) is 31.3 Å². The molecule has 2 aliphatic heterocycles. The summed E-state index contributed by atoms with van der Waals surface area (Å²) < 4.78 is 13.0. The largest absolute Gasteiger partial charge is 0.338 e. The van der Waals surface area contributed by atoms with Gasteiger partial charge in [-0.25, -0.2) is 4.39 Å². The van der Waals surface area contributed by atoms with Crippen LogP contribution in [-0.2, 0) is 4.79 Å². The molecular formula is C15H19FN2OS. The summed E-state index contributed by atoms with van der Waals surface area (Å²) in [7, 11) is 0. The molecule has 108 valence electrons. The van der Waals surface area contributed by atoms with Crippen molar-refractivity contribution in [3.8, 4) is 0 Å². The molecular weight excluding hydrogens is 275 g/mol. The smallest absolute Gasteiger partial charge is 0.240 e. The number of benzene rings is 1. The number of likely N-dealkylation sites (tertiary alicyclic amines) is 1. The molecule has 1 aromatic carbocycles. The molecule has 20 heavy (non-hydrogen) atoms. The van der Waals surface area contributed by atoms with Crippen LogP contribution in [0.3, 0.4) is 0 Å². The molecule has 0 aliphatic carbocycles. The van der Waals surface area contributed by atoms with E-state index in [2.05, 4.69) is 12.2 Å². The number of hydrogen-bond acceptors (Lipinski definition) is 3. The molecule has 2 saturated heterocycles. The maximum absolute atomic E-state index is 13.0. The average Bonchev–Trinajstić information content (AvgIpc) is 3.08. The quantitative estimate of drug-likeness (QED) is 0.907. The van der Waals surface area contributed by atoms with Gasteiger partial charge in [0, 0.05) is 30.1 Å². The van der Waals surface area contributed by atoms with Crippen LogP contribution in [-0.4, -0.2) is 41.1 Å². The van der Waals surface area contributed by atoms with E-state index in [1.165, 1.54) is 12.1 Å². The highest BCUT2D eigenvalue weighted by Gasteiger charge is 2.37. The number of carbonyl (C=O) groups is 1. The predicted octanol–water partition coefficient (Wildman–Crippen LogP) is 2.19. The van der Waals surface area contributed by atoms with E-state index in [9.17, 15) is 9.18 Å². The van der Waals surface area contributed by atoms with E-state index in [-0.39, 0.29) is 23.8 Å². The van der Waals surface area contributed by atoms with Crippen LogP contribution in [0.15, 0.2) is 24.3 Å². The normalized spacial score (nSPS) is 29.9. The Labute approximate surface area is 122 Å². The van der Waals surface area contributed by atoms with Crippen molar-refractivity contribution in [1.29, 1.82) is 0 Å². The van der Waals surface area contributed by atoms with Crippen LogP contribution in [0.2, 0.25) is 0 Å². The molecule has 0 radical (unpaired) electrons. The first-order chi connectivity index (χ1) is 9.65. The monoisotopic (exact) mass is 294 g/mol. The van der Waals surface area contributed by atoms with E-state index >= 15 is 0 Å². The zero-order chi connectivity index (χ0) is 14.1. The van der Waals surface area contributed by atoms with Crippen LogP contribution in [0.25, 0.3) is 0 Å². The average molecular weight is 294 g/mol. The highest BCUT2D eigenvalue weighted by Crippen LogP contribution is 2.32. The SMILES string of the molecule is C[C@@H]1C[C@@H](c2ccc(F)cc2)CN1C(=O)[C@H]1CSCN1. The van der Waals surface area contributed by atoms with E-state index < -0.39 is 0 Å². The molecule has 0 unspecified atom stereocenters. The van der Waals surface area contributed by atoms with Gasteiger partial charge < -0.3 is 4.90 Å². The molecule has 0 spiro atoms. The number of halogens is 1. The summed E-state index contributed by atoms with van der Waals surface area (Å²) in [5.74, 6) is 2.05. The molecule has 2 aliphatic rings. The molecule has 0 saturated carbocycles. The van der Waals surface area contributed by atoms with E-state index in [1.54, 1.807) is 11.8 Å². The predicted molar refractivity (Wildman–Crippen MR) is 79.2 cm³/mol. The minimum absolute atomic E-state index is 0.0329. The molecule has 3 rings (SSSR count). The first kappa shape index (κ1) is 13.9. The second-order valence-electron chi connectivity index (χ2n) is 5.60. The lowest BCUT2D eigenvalue weighted by Gasteiger charge is -2.24. The van der Waals surface area contributed by atoms with Gasteiger partial charge in [0.15, 0.2) is 0 Å². The Balaban J connectivity index is 1.69. The minimum Gasteiger partial charge on any atom is -0.338 e. The third-order valence-electron chi connectivity index (χ3n) is 4.21. The summed E-state index contributed by atoms with van der Waals surface area (Å²) in [6.07, 6.45) is 0.956. The number of nitrogens with zero attached hydrogens (tertiary/aromatic N) is 1. The fraction of sp³-hybridized carbons (Fsp3) is 0.533. The summed E-state index contributed by atoms with van der Waals surface area (Å²) in [5, 5.41) is 3.24. The van der Waals surface area contributed by atoms with Crippen molar-refractivity contribution >= 4 is 17.7 Å². The molecule has 1 N–H and O–H groups in total. The zero-order valence-corrected chi connectivity index (χ0v) is 12.3. The first-order valence-electron chi connectivity index (χ1n) is 7.02. The van der Waals surface area contributed by atoms with Gasteiger partial charge in [0.2, 0.25) is 5.91 Å². The van der Waals surface area contributed by atoms with Crippen LogP contribution in [0.5, 0.6) is 0 Å². The second-order valence-corrected chi connectivity index (χ2v) is 6.63. The van der Waals surface area contributed by atoms with Gasteiger partial charge in [0.1, 0.15) is 5.82 Å². The number of hydrogen-bond donors (Lipinski definition) is 1. The standard InChI is InChI=1S/C15H19FN2OS/c1-10-6-12(11-2-4-13(16)5-3-11)7-18(10)15(19)14-8-20-9-17-14/h2-5,10,12,14,17H,6-9H2,1H3/t10-,12-,14-/m1/s1. The number of thioether (sulfide) groups is 1. The Morgan fingerprint density at radius 1 is 1.40 bits per heavy atom. The minimum atomic E-state index is -0.208. The summed E-state index contributed by atoms with van der Waals surface area (Å²) in [5.41, 5.74) is 1.13. The van der Waals surface area contributed by atoms with E-state index in [0.717, 1.165) is 30.2 Å². The molecule has 2 fully saturated rings. The third-order valence-corrected chi connectivity index (χ3v) is 5.15. The number of rotatable bonds is 2. The molecule has 3 atom stereocenters. The Hall–Kier alpha value is -1.07. The first-order valence-corrected chi connectivity index (χ1v) is 8.17. The van der Waals surface area contributed by atoms with Crippen LogP contribution < -0.4 is 5.32 Å². The van der Waals surface area contributed by atoms with Gasteiger partial charge in [-0.3, -0.25) is 10.1 Å². The van der Waals surface area contributed by atoms with Crippen LogP contribution in [0, 0.1) is 5.82 Å². The molecule has 0 aromatic heterocycles. The Bertz CT molecular complexity index is 487. The molecule has 0 bridgehead atoms. The highest BCUT2D eigenvalue weighted by molar-refractivity contribution is 7.99. The van der Waals surface area contributed by atoms with Crippen molar-refractivity contribution in [3.05, 3.63) is 35.6 Å². The van der Waals surface area contributed by atoms with Crippen molar-refractivity contribution in [2.75, 3.05) is 18.2 Å². The van der Waals surface area contributed by atoms with Gasteiger partial charge in [-0.05, 0) is 31.0 Å². The van der Waals surface area contributed by atoms with Crippen LogP contribution in [0.1, 0.15) is 24.8 Å². The Morgan fingerprint density at radius 2 is 2.15 bits per heavy atom. The van der Waals surface area contributed by atoms with Gasteiger partial charge in [0.05, 0.1) is 6.04 Å². The molecule has 2 heterocycles. The number of carbonyl (C=O) groups excluding carboxylic acids is 1. The number of amides is 1. The zero-order valence-electron chi connectivity index (χ0n) is 11.5. The van der Waals surface area contributed by atoms with Crippen molar-refractivity contribution in [3.63, 3.8) is 0 Å². The second kappa shape index (κ2) is 5.74. The molecule has 1 aromatic rings. The van der Waals surface area contributed by atoms with Gasteiger partial charge in [0.25, 0.3) is 0 Å². The summed E-state index contributed by atoms with van der Waals surface area (Å²) in [6.45, 7) is 2.85. The highest BCUT2D eigenvalue weighted by atomic mass is 32.2. The Morgan fingerprint density at radius 3 is 2.80 bits per heavy atom. The lowest BCUT2D eigenvalue weighted by molar-refractivity contribution is -0.133. The summed E-state index contributed by atoms with van der Waals surface area (Å²) in [4.78, 5) is 14.5. The summed E-state index contributed by atoms with van der Waals surface area (Å²) in [6, 6.07) is 6.90. The molecule has 5 heteroatoms. The third kappa shape index (κ3) is 2.69. The van der Waals surface area contributed by atoms with E-state index in [1.807, 2.05) is 17.0 Å². The van der Waals surface area contributed by atoms with Crippen molar-refractivity contribution in [2.24, 2.45) is 0 Å². The van der Waals surface area contributed by atoms with Gasteiger partial charge in [-0.1, -0.05) is 12.1 Å². The summed E-state index contributed by atoms with van der Waals surface area (Å²) >= 11 is 1.77. The lowest BCUT2D eigenvalue weighted by atomic mass is 9.97. The van der Waals surface area contributed by atoms with Gasteiger partial charge in [-0.15, -0.1) is 11.8 Å². The van der Waals surface area contributed by atoms with Gasteiger partial charge >= 0.3 is 0 Å². The topological polar surface area (TPSA) is 32.3 Å². The van der Waals surface area contributed by atoms with Crippen LogP contribution >= 0.6 is 11.8 Å². The van der Waals surface area contributed by atoms with E-state index in [0.29, 0.717) is 5.92 Å². The van der Waals surface area contributed by atoms with Gasteiger partial charge in [-0.2, -0.15) is 0 Å². The lowest BCUT2D eigenvalue weighted by Crippen LogP contribution is -2.46. The van der Waals surface area contributed by atoms with Crippen LogP contribution in [0.4, 0.5) is 4.39 Å². The van der Waals surface area contributed by atoms with E-state index in [4.69, 9.17) is 0 Å². The fourth-order valence-electron chi connectivity index (χ4n) is 3.07. The number of nitrogens with one attached hydrogen (secondary N) is 1. The van der Waals surface area contributed by atoms with Crippen molar-refractivity contribution in [1.82, 2.24) is 10.2 Å².